The highest BCUT2D eigenvalue weighted by Crippen LogP contribution is 2.35. The molecule has 3 aromatic rings. The molecule has 0 bridgehead atoms. The Morgan fingerprint density at radius 2 is 1.91 bits per heavy atom. The molecule has 10 heteroatoms. The molecular formula is C23H21N5O5. The maximum atomic E-state index is 12.7. The monoisotopic (exact) mass is 447 g/mol. The minimum atomic E-state index is -0.226. The van der Waals surface area contributed by atoms with E-state index in [1.807, 2.05) is 36.4 Å². The quantitative estimate of drug-likeness (QED) is 0.571. The largest absolute Gasteiger partial charge is 0.454 e. The van der Waals surface area contributed by atoms with Crippen molar-refractivity contribution in [2.75, 3.05) is 20.4 Å². The minimum absolute atomic E-state index is 0.158. The van der Waals surface area contributed by atoms with E-state index in [9.17, 15) is 9.59 Å². The topological polar surface area (TPSA) is 110 Å². The first-order valence-corrected chi connectivity index (χ1v) is 10.5. The van der Waals surface area contributed by atoms with Crippen molar-refractivity contribution in [2.45, 2.75) is 19.4 Å². The van der Waals surface area contributed by atoms with Gasteiger partial charge in [0.15, 0.2) is 11.5 Å². The highest BCUT2D eigenvalue weighted by molar-refractivity contribution is 6.01. The molecule has 33 heavy (non-hydrogen) atoms. The molecule has 0 aliphatic carbocycles. The fraction of sp³-hybridized carbons (Fsp3) is 0.261. The first-order valence-electron chi connectivity index (χ1n) is 10.5. The zero-order chi connectivity index (χ0) is 22.8. The third kappa shape index (κ3) is 4.40. The van der Waals surface area contributed by atoms with Gasteiger partial charge in [0.05, 0.1) is 0 Å². The predicted molar refractivity (Wildman–Crippen MR) is 116 cm³/mol. The van der Waals surface area contributed by atoms with E-state index in [1.54, 1.807) is 24.1 Å². The summed E-state index contributed by atoms with van der Waals surface area (Å²) >= 11 is 0. The van der Waals surface area contributed by atoms with Crippen LogP contribution in [-0.2, 0) is 16.1 Å². The van der Waals surface area contributed by atoms with Crippen LogP contribution in [0.1, 0.15) is 24.3 Å². The zero-order valence-corrected chi connectivity index (χ0v) is 17.9. The molecule has 3 heterocycles. The summed E-state index contributed by atoms with van der Waals surface area (Å²) in [7, 11) is 1.70. The van der Waals surface area contributed by atoms with Crippen molar-refractivity contribution in [2.24, 2.45) is 5.10 Å². The second-order valence-electron chi connectivity index (χ2n) is 7.72. The molecule has 0 fully saturated rings. The minimum Gasteiger partial charge on any atom is -0.454 e. The summed E-state index contributed by atoms with van der Waals surface area (Å²) in [5.41, 5.74) is 2.17. The molecule has 0 spiro atoms. The molecule has 0 saturated carbocycles. The highest BCUT2D eigenvalue weighted by atomic mass is 16.7. The molecule has 0 radical (unpaired) electrons. The number of nitrogens with zero attached hydrogens (tertiary/aromatic N) is 5. The SMILES string of the molecule is CN(Cc1ccccc1)C(=O)CN1N=C(c2nc(-c3ccc4c(c3)OCO4)no2)CCC1=O. The number of fused-ring (bicyclic) bond motifs is 1. The van der Waals surface area contributed by atoms with Crippen molar-refractivity contribution in [3.63, 3.8) is 0 Å². The zero-order valence-electron chi connectivity index (χ0n) is 17.9. The number of amides is 2. The first kappa shape index (κ1) is 20.7. The second kappa shape index (κ2) is 8.73. The number of rotatable bonds is 6. The van der Waals surface area contributed by atoms with Crippen LogP contribution in [0.25, 0.3) is 11.4 Å². The summed E-state index contributed by atoms with van der Waals surface area (Å²) in [6.07, 6.45) is 0.558. The van der Waals surface area contributed by atoms with Gasteiger partial charge in [-0.1, -0.05) is 35.5 Å². The number of aromatic nitrogens is 2. The Labute approximate surface area is 189 Å². The molecule has 2 aliphatic heterocycles. The fourth-order valence-corrected chi connectivity index (χ4v) is 3.57. The maximum absolute atomic E-state index is 12.7. The third-order valence-corrected chi connectivity index (χ3v) is 5.38. The Balaban J connectivity index is 1.29. The molecule has 0 N–H and O–H groups in total. The van der Waals surface area contributed by atoms with Crippen molar-refractivity contribution in [3.8, 4) is 22.9 Å². The lowest BCUT2D eigenvalue weighted by Crippen LogP contribution is -2.41. The van der Waals surface area contributed by atoms with Crippen LogP contribution < -0.4 is 9.47 Å². The first-order chi connectivity index (χ1) is 16.1. The molecule has 1 aromatic heterocycles. The molecule has 2 amide bonds. The van der Waals surface area contributed by atoms with Gasteiger partial charge in [-0.05, 0) is 23.8 Å². The van der Waals surface area contributed by atoms with Crippen molar-refractivity contribution in [1.82, 2.24) is 20.0 Å². The van der Waals surface area contributed by atoms with E-state index in [0.29, 0.717) is 41.6 Å². The van der Waals surface area contributed by atoms with E-state index in [0.717, 1.165) is 5.56 Å². The number of likely N-dealkylation sites (N-methyl/N-ethyl adjacent to an activating group) is 1. The van der Waals surface area contributed by atoms with Gasteiger partial charge in [-0.15, -0.1) is 0 Å². The smallest absolute Gasteiger partial charge is 0.274 e. The van der Waals surface area contributed by atoms with Crippen LogP contribution in [0.15, 0.2) is 58.2 Å². The van der Waals surface area contributed by atoms with E-state index >= 15 is 0 Å². The van der Waals surface area contributed by atoms with Crippen molar-refractivity contribution in [1.29, 1.82) is 0 Å². The fourth-order valence-electron chi connectivity index (χ4n) is 3.57. The van der Waals surface area contributed by atoms with Crippen LogP contribution in [0.2, 0.25) is 0 Å². The number of hydrogen-bond acceptors (Lipinski definition) is 8. The van der Waals surface area contributed by atoms with Crippen molar-refractivity contribution < 1.29 is 23.6 Å². The lowest BCUT2D eigenvalue weighted by atomic mass is 10.1. The molecule has 0 unspecified atom stereocenters. The van der Waals surface area contributed by atoms with Crippen molar-refractivity contribution in [3.05, 3.63) is 60.0 Å². The van der Waals surface area contributed by atoms with Gasteiger partial charge in [-0.25, -0.2) is 5.01 Å². The van der Waals surface area contributed by atoms with E-state index in [2.05, 4.69) is 15.2 Å². The Hall–Kier alpha value is -4.21. The van der Waals surface area contributed by atoms with Gasteiger partial charge in [-0.2, -0.15) is 10.1 Å². The summed E-state index contributed by atoms with van der Waals surface area (Å²) in [4.78, 5) is 31.0. The standard InChI is InChI=1S/C23H21N5O5/c1-27(12-15-5-3-2-4-6-15)21(30)13-28-20(29)10-8-17(25-28)23-24-22(26-33-23)16-7-9-18-19(11-16)32-14-31-18/h2-7,9,11H,8,10,12-14H2,1H3. The number of benzene rings is 2. The van der Waals surface area contributed by atoms with Crippen LogP contribution >= 0.6 is 0 Å². The normalized spacial score (nSPS) is 14.9. The average molecular weight is 447 g/mol. The lowest BCUT2D eigenvalue weighted by Gasteiger charge is -2.24. The van der Waals surface area contributed by atoms with Crippen LogP contribution in [0, 0.1) is 0 Å². The van der Waals surface area contributed by atoms with Crippen LogP contribution in [0.3, 0.4) is 0 Å². The Kier molecular flexibility index (Phi) is 5.47. The highest BCUT2D eigenvalue weighted by Gasteiger charge is 2.27. The van der Waals surface area contributed by atoms with Gasteiger partial charge >= 0.3 is 0 Å². The maximum Gasteiger partial charge on any atom is 0.274 e. The van der Waals surface area contributed by atoms with Crippen molar-refractivity contribution >= 4 is 17.5 Å². The number of carbonyl (C=O) groups excluding carboxylic acids is 2. The molecule has 0 atom stereocenters. The molecule has 2 aliphatic rings. The Morgan fingerprint density at radius 3 is 2.76 bits per heavy atom. The van der Waals surface area contributed by atoms with Gasteiger partial charge in [0.1, 0.15) is 12.3 Å². The molecule has 10 nitrogen and oxygen atoms in total. The van der Waals surface area contributed by atoms with E-state index in [4.69, 9.17) is 14.0 Å². The molecule has 5 rings (SSSR count). The van der Waals surface area contributed by atoms with Gasteiger partial charge in [0.25, 0.3) is 5.89 Å². The summed E-state index contributed by atoms with van der Waals surface area (Å²) in [5.74, 6) is 1.41. The lowest BCUT2D eigenvalue weighted by molar-refractivity contribution is -0.140. The van der Waals surface area contributed by atoms with Gasteiger partial charge < -0.3 is 18.9 Å². The van der Waals surface area contributed by atoms with E-state index in [1.165, 1.54) is 5.01 Å². The van der Waals surface area contributed by atoms with Crippen LogP contribution in [-0.4, -0.2) is 58.0 Å². The number of hydrogen-bond donors (Lipinski definition) is 0. The van der Waals surface area contributed by atoms with Gasteiger partial charge in [0.2, 0.25) is 24.4 Å². The summed E-state index contributed by atoms with van der Waals surface area (Å²) in [6.45, 7) is 0.464. The summed E-state index contributed by atoms with van der Waals surface area (Å²) in [6, 6.07) is 15.0. The van der Waals surface area contributed by atoms with E-state index in [-0.39, 0.29) is 37.5 Å². The molecule has 2 aromatic carbocycles. The average Bonchev–Trinajstić information content (AvgIpc) is 3.50. The predicted octanol–water partition coefficient (Wildman–Crippen LogP) is 2.45. The number of carbonyl (C=O) groups is 2. The molecule has 168 valence electrons. The van der Waals surface area contributed by atoms with Gasteiger partial charge in [-0.3, -0.25) is 9.59 Å². The Morgan fingerprint density at radius 1 is 1.09 bits per heavy atom. The Bertz CT molecular complexity index is 1220. The van der Waals surface area contributed by atoms with Gasteiger partial charge in [0, 0.05) is 32.0 Å². The second-order valence-corrected chi connectivity index (χ2v) is 7.72. The summed E-state index contributed by atoms with van der Waals surface area (Å²) in [5, 5.41) is 9.54. The number of ether oxygens (including phenoxy) is 2. The summed E-state index contributed by atoms with van der Waals surface area (Å²) < 4.78 is 16.1. The van der Waals surface area contributed by atoms with E-state index < -0.39 is 0 Å². The third-order valence-electron chi connectivity index (χ3n) is 5.38. The molecular weight excluding hydrogens is 426 g/mol. The van der Waals surface area contributed by atoms with Crippen LogP contribution in [0.5, 0.6) is 11.5 Å². The van der Waals surface area contributed by atoms with Crippen LogP contribution in [0.4, 0.5) is 0 Å². The number of hydrazone groups is 1. The molecule has 0 saturated heterocycles.